The molecular weight excluding hydrogens is 212 g/mol. The van der Waals surface area contributed by atoms with Crippen LogP contribution in [-0.2, 0) is 0 Å². The first-order chi connectivity index (χ1) is 7.22. The molecule has 0 N–H and O–H groups in total. The Morgan fingerprint density at radius 1 is 1.40 bits per heavy atom. The lowest BCUT2D eigenvalue weighted by atomic mass is 10.3. The second-order valence-corrected chi connectivity index (χ2v) is 3.73. The third-order valence-electron chi connectivity index (χ3n) is 2.38. The summed E-state index contributed by atoms with van der Waals surface area (Å²) in [6.07, 6.45) is 1.55. The quantitative estimate of drug-likeness (QED) is 0.755. The monoisotopic (exact) mass is 222 g/mol. The molecule has 0 spiro atoms. The molecule has 1 fully saturated rings. The number of hydrogen-bond acceptors (Lipinski definition) is 1. The zero-order valence-corrected chi connectivity index (χ0v) is 8.94. The molecule has 0 atom stereocenters. The van der Waals surface area contributed by atoms with Gasteiger partial charge < -0.3 is 0 Å². The number of anilines is 1. The van der Waals surface area contributed by atoms with Gasteiger partial charge in [0.15, 0.2) is 0 Å². The van der Waals surface area contributed by atoms with E-state index in [-0.39, 0.29) is 6.03 Å². The first-order valence-corrected chi connectivity index (χ1v) is 5.06. The van der Waals surface area contributed by atoms with Crippen LogP contribution >= 0.6 is 11.6 Å². The molecule has 78 valence electrons. The average Bonchev–Trinajstić information content (AvgIpc) is 2.59. The molecule has 0 aromatic heterocycles. The maximum atomic E-state index is 11.8. The van der Waals surface area contributed by atoms with Crippen LogP contribution in [0.25, 0.3) is 0 Å². The fourth-order valence-electron chi connectivity index (χ4n) is 1.61. The normalized spacial score (nSPS) is 15.9. The summed E-state index contributed by atoms with van der Waals surface area (Å²) in [5.74, 6) is 0. The van der Waals surface area contributed by atoms with Gasteiger partial charge in [0.1, 0.15) is 0 Å². The van der Waals surface area contributed by atoms with E-state index in [0.29, 0.717) is 18.1 Å². The molecule has 4 heteroatoms. The predicted octanol–water partition coefficient (Wildman–Crippen LogP) is 2.73. The van der Waals surface area contributed by atoms with Gasteiger partial charge in [-0.25, -0.2) is 4.79 Å². The Morgan fingerprint density at radius 2 is 2.20 bits per heavy atom. The second-order valence-electron chi connectivity index (χ2n) is 3.29. The lowest BCUT2D eigenvalue weighted by molar-refractivity contribution is 0.234. The van der Waals surface area contributed by atoms with Crippen LogP contribution < -0.4 is 4.90 Å². The number of rotatable bonds is 2. The number of halogens is 1. The summed E-state index contributed by atoms with van der Waals surface area (Å²) in [6.45, 7) is 4.94. The van der Waals surface area contributed by atoms with Crippen LogP contribution in [0.2, 0.25) is 5.02 Å². The first-order valence-electron chi connectivity index (χ1n) is 4.68. The number of carbonyl (C=O) groups is 1. The number of carbonyl (C=O) groups excluding carboxylic acids is 1. The van der Waals surface area contributed by atoms with Crippen molar-refractivity contribution in [1.29, 1.82) is 0 Å². The minimum absolute atomic E-state index is 0.0488. The summed E-state index contributed by atoms with van der Waals surface area (Å²) in [6, 6.07) is 7.23. The highest BCUT2D eigenvalue weighted by molar-refractivity contribution is 6.30. The fourth-order valence-corrected chi connectivity index (χ4v) is 1.79. The smallest absolute Gasteiger partial charge is 0.299 e. The molecule has 1 aromatic carbocycles. The van der Waals surface area contributed by atoms with Gasteiger partial charge in [-0.3, -0.25) is 9.80 Å². The summed E-state index contributed by atoms with van der Waals surface area (Å²) in [5, 5.41) is 0.636. The second kappa shape index (κ2) is 3.95. The minimum atomic E-state index is -0.0488. The Labute approximate surface area is 93.5 Å². The zero-order chi connectivity index (χ0) is 10.8. The third-order valence-corrected chi connectivity index (χ3v) is 2.62. The predicted molar refractivity (Wildman–Crippen MR) is 61.1 cm³/mol. The van der Waals surface area contributed by atoms with Crippen molar-refractivity contribution in [2.45, 2.75) is 0 Å². The lowest BCUT2D eigenvalue weighted by Crippen LogP contribution is -2.28. The van der Waals surface area contributed by atoms with Crippen molar-refractivity contribution in [2.75, 3.05) is 18.0 Å². The molecule has 0 saturated carbocycles. The van der Waals surface area contributed by atoms with Crippen LogP contribution in [0, 0.1) is 0 Å². The molecular formula is C11H11ClN2O. The van der Waals surface area contributed by atoms with E-state index < -0.39 is 0 Å². The molecule has 1 heterocycles. The molecule has 2 amide bonds. The topological polar surface area (TPSA) is 23.6 Å². The van der Waals surface area contributed by atoms with Gasteiger partial charge in [-0.15, -0.1) is 0 Å². The molecule has 0 radical (unpaired) electrons. The highest BCUT2D eigenvalue weighted by Gasteiger charge is 2.27. The van der Waals surface area contributed by atoms with Crippen molar-refractivity contribution in [3.8, 4) is 0 Å². The van der Waals surface area contributed by atoms with E-state index in [1.165, 1.54) is 0 Å². The molecule has 1 saturated heterocycles. The summed E-state index contributed by atoms with van der Waals surface area (Å²) >= 11 is 5.87. The van der Waals surface area contributed by atoms with Crippen molar-refractivity contribution >= 4 is 23.3 Å². The van der Waals surface area contributed by atoms with Gasteiger partial charge in [0.2, 0.25) is 0 Å². The zero-order valence-electron chi connectivity index (χ0n) is 8.19. The molecule has 3 nitrogen and oxygen atoms in total. The van der Waals surface area contributed by atoms with Crippen molar-refractivity contribution in [2.24, 2.45) is 0 Å². The largest absolute Gasteiger partial charge is 0.328 e. The number of benzene rings is 1. The summed E-state index contributed by atoms with van der Waals surface area (Å²) in [5.41, 5.74) is 0.830. The van der Waals surface area contributed by atoms with E-state index in [1.807, 2.05) is 12.1 Å². The van der Waals surface area contributed by atoms with Crippen LogP contribution in [0.1, 0.15) is 0 Å². The summed E-state index contributed by atoms with van der Waals surface area (Å²) in [7, 11) is 0. The Kier molecular flexibility index (Phi) is 2.64. The van der Waals surface area contributed by atoms with Gasteiger partial charge in [-0.2, -0.15) is 0 Å². The standard InChI is InChI=1S/C11H11ClN2O/c1-2-13-6-7-14(11(13)15)10-5-3-4-9(12)8-10/h2-5,8H,1,6-7H2. The van der Waals surface area contributed by atoms with Gasteiger partial charge in [-0.05, 0) is 18.2 Å². The number of nitrogens with zero attached hydrogens (tertiary/aromatic N) is 2. The van der Waals surface area contributed by atoms with Crippen molar-refractivity contribution in [3.63, 3.8) is 0 Å². The van der Waals surface area contributed by atoms with E-state index in [1.54, 1.807) is 28.1 Å². The van der Waals surface area contributed by atoms with Gasteiger partial charge in [0.05, 0.1) is 0 Å². The first kappa shape index (κ1) is 10.1. The van der Waals surface area contributed by atoms with Crippen LogP contribution in [0.3, 0.4) is 0 Å². The highest BCUT2D eigenvalue weighted by atomic mass is 35.5. The van der Waals surface area contributed by atoms with E-state index in [0.717, 1.165) is 5.69 Å². The molecule has 0 bridgehead atoms. The van der Waals surface area contributed by atoms with Crippen molar-refractivity contribution in [1.82, 2.24) is 4.90 Å². The molecule has 2 rings (SSSR count). The van der Waals surface area contributed by atoms with Crippen molar-refractivity contribution < 1.29 is 4.79 Å². The van der Waals surface area contributed by atoms with E-state index in [9.17, 15) is 4.79 Å². The maximum absolute atomic E-state index is 11.8. The van der Waals surface area contributed by atoms with Gasteiger partial charge in [0.25, 0.3) is 0 Å². The molecule has 0 unspecified atom stereocenters. The highest BCUT2D eigenvalue weighted by Crippen LogP contribution is 2.23. The number of urea groups is 1. The van der Waals surface area contributed by atoms with E-state index in [2.05, 4.69) is 6.58 Å². The van der Waals surface area contributed by atoms with E-state index >= 15 is 0 Å². The van der Waals surface area contributed by atoms with Crippen molar-refractivity contribution in [3.05, 3.63) is 42.1 Å². The minimum Gasteiger partial charge on any atom is -0.299 e. The maximum Gasteiger partial charge on any atom is 0.328 e. The average molecular weight is 223 g/mol. The van der Waals surface area contributed by atoms with Crippen LogP contribution in [0.15, 0.2) is 37.0 Å². The van der Waals surface area contributed by atoms with Crippen LogP contribution in [0.5, 0.6) is 0 Å². The fraction of sp³-hybridized carbons (Fsp3) is 0.182. The van der Waals surface area contributed by atoms with Gasteiger partial charge >= 0.3 is 6.03 Å². The Hall–Kier alpha value is -1.48. The SMILES string of the molecule is C=CN1CCN(c2cccc(Cl)c2)C1=O. The third kappa shape index (κ3) is 1.83. The summed E-state index contributed by atoms with van der Waals surface area (Å²) in [4.78, 5) is 15.1. The molecule has 1 aliphatic heterocycles. The van der Waals surface area contributed by atoms with Gasteiger partial charge in [0, 0.05) is 30.0 Å². The van der Waals surface area contributed by atoms with Crippen LogP contribution in [0.4, 0.5) is 10.5 Å². The Balaban J connectivity index is 2.26. The number of hydrogen-bond donors (Lipinski definition) is 0. The van der Waals surface area contributed by atoms with E-state index in [4.69, 9.17) is 11.6 Å². The summed E-state index contributed by atoms with van der Waals surface area (Å²) < 4.78 is 0. The molecule has 1 aliphatic rings. The van der Waals surface area contributed by atoms with Gasteiger partial charge in [-0.1, -0.05) is 24.2 Å². The molecule has 15 heavy (non-hydrogen) atoms. The van der Waals surface area contributed by atoms with Crippen LogP contribution in [-0.4, -0.2) is 24.0 Å². The molecule has 1 aromatic rings. The lowest BCUT2D eigenvalue weighted by Gasteiger charge is -2.16. The Bertz CT molecular complexity index is 405. The number of amides is 2. The Morgan fingerprint density at radius 3 is 2.80 bits per heavy atom. The molecule has 0 aliphatic carbocycles.